The summed E-state index contributed by atoms with van der Waals surface area (Å²) in [6, 6.07) is 8.50. The molecule has 1 aromatic rings. The van der Waals surface area contributed by atoms with Crippen molar-refractivity contribution in [2.24, 2.45) is 0 Å². The summed E-state index contributed by atoms with van der Waals surface area (Å²) in [5.41, 5.74) is 0.673. The summed E-state index contributed by atoms with van der Waals surface area (Å²) in [7, 11) is 0. The molecule has 108 valence electrons. The van der Waals surface area contributed by atoms with Crippen LogP contribution in [0.2, 0.25) is 0 Å². The highest BCUT2D eigenvalue weighted by Crippen LogP contribution is 2.16. The van der Waals surface area contributed by atoms with Gasteiger partial charge in [-0.15, -0.1) is 0 Å². The summed E-state index contributed by atoms with van der Waals surface area (Å²) in [5.74, 6) is -0.162. The first-order chi connectivity index (χ1) is 9.70. The fraction of sp³-hybridized carbons (Fsp3) is 0.429. The SMILES string of the molecule is O=C(NCC(=O)N1CCCC1CO)Nc1ccccc1. The van der Waals surface area contributed by atoms with Crippen LogP contribution in [0.1, 0.15) is 12.8 Å². The Hall–Kier alpha value is -2.08. The first-order valence-corrected chi connectivity index (χ1v) is 6.71. The van der Waals surface area contributed by atoms with E-state index in [1.807, 2.05) is 18.2 Å². The minimum atomic E-state index is -0.413. The lowest BCUT2D eigenvalue weighted by Crippen LogP contribution is -2.44. The molecule has 0 bridgehead atoms. The molecule has 3 N–H and O–H groups in total. The maximum atomic E-state index is 11.9. The number of carbonyl (C=O) groups excluding carboxylic acids is 2. The Morgan fingerprint density at radius 1 is 1.30 bits per heavy atom. The number of benzene rings is 1. The Balaban J connectivity index is 1.77. The van der Waals surface area contributed by atoms with Gasteiger partial charge in [-0.1, -0.05) is 18.2 Å². The maximum Gasteiger partial charge on any atom is 0.319 e. The first-order valence-electron chi connectivity index (χ1n) is 6.71. The normalized spacial score (nSPS) is 17.9. The van der Waals surface area contributed by atoms with Gasteiger partial charge in [-0.05, 0) is 25.0 Å². The third-order valence-electron chi connectivity index (χ3n) is 3.34. The number of aliphatic hydroxyl groups is 1. The second-order valence-electron chi connectivity index (χ2n) is 4.74. The quantitative estimate of drug-likeness (QED) is 0.761. The number of nitrogens with zero attached hydrogens (tertiary/aromatic N) is 1. The summed E-state index contributed by atoms with van der Waals surface area (Å²) in [6.45, 7) is 0.559. The van der Waals surface area contributed by atoms with Crippen LogP contribution in [0.5, 0.6) is 0 Å². The van der Waals surface area contributed by atoms with E-state index in [1.165, 1.54) is 0 Å². The van der Waals surface area contributed by atoms with Gasteiger partial charge < -0.3 is 20.6 Å². The highest BCUT2D eigenvalue weighted by atomic mass is 16.3. The third-order valence-corrected chi connectivity index (χ3v) is 3.34. The summed E-state index contributed by atoms with van der Waals surface area (Å²) in [6.07, 6.45) is 1.71. The zero-order valence-electron chi connectivity index (χ0n) is 11.2. The molecule has 1 aromatic carbocycles. The Morgan fingerprint density at radius 2 is 2.05 bits per heavy atom. The lowest BCUT2D eigenvalue weighted by molar-refractivity contribution is -0.131. The van der Waals surface area contributed by atoms with E-state index >= 15 is 0 Å². The third kappa shape index (κ3) is 3.71. The number of rotatable bonds is 4. The second-order valence-corrected chi connectivity index (χ2v) is 4.74. The predicted molar refractivity (Wildman–Crippen MR) is 75.3 cm³/mol. The highest BCUT2D eigenvalue weighted by Gasteiger charge is 2.27. The van der Waals surface area contributed by atoms with Crippen LogP contribution < -0.4 is 10.6 Å². The van der Waals surface area contributed by atoms with E-state index in [9.17, 15) is 9.59 Å². The minimum absolute atomic E-state index is 0.0258. The molecule has 3 amide bonds. The molecular weight excluding hydrogens is 258 g/mol. The van der Waals surface area contributed by atoms with Crippen LogP contribution in [0.4, 0.5) is 10.5 Å². The molecule has 6 heteroatoms. The predicted octanol–water partition coefficient (Wildman–Crippen LogP) is 0.791. The summed E-state index contributed by atoms with van der Waals surface area (Å²) >= 11 is 0. The molecule has 0 spiro atoms. The molecule has 1 saturated heterocycles. The molecule has 0 saturated carbocycles. The van der Waals surface area contributed by atoms with Gasteiger partial charge in [0.2, 0.25) is 5.91 Å². The van der Waals surface area contributed by atoms with Gasteiger partial charge in [0.15, 0.2) is 0 Å². The van der Waals surface area contributed by atoms with Crippen LogP contribution in [0.15, 0.2) is 30.3 Å². The average Bonchev–Trinajstić information content (AvgIpc) is 2.94. The lowest BCUT2D eigenvalue weighted by Gasteiger charge is -2.23. The van der Waals surface area contributed by atoms with Crippen LogP contribution in [-0.2, 0) is 4.79 Å². The van der Waals surface area contributed by atoms with Crippen molar-refractivity contribution in [3.63, 3.8) is 0 Å². The van der Waals surface area contributed by atoms with E-state index in [2.05, 4.69) is 10.6 Å². The van der Waals surface area contributed by atoms with Crippen molar-refractivity contribution in [2.75, 3.05) is 25.0 Å². The van der Waals surface area contributed by atoms with E-state index in [-0.39, 0.29) is 25.1 Å². The standard InChI is InChI=1S/C14H19N3O3/c18-10-12-7-4-8-17(12)13(19)9-15-14(20)16-11-5-2-1-3-6-11/h1-3,5-6,12,18H,4,7-10H2,(H2,15,16,20). The molecule has 1 unspecified atom stereocenters. The van der Waals surface area contributed by atoms with Crippen molar-refractivity contribution in [1.29, 1.82) is 0 Å². The average molecular weight is 277 g/mol. The number of para-hydroxylation sites is 1. The number of hydrogen-bond acceptors (Lipinski definition) is 3. The van der Waals surface area contributed by atoms with Crippen LogP contribution in [-0.4, -0.2) is 47.7 Å². The van der Waals surface area contributed by atoms with Gasteiger partial charge in [0.25, 0.3) is 0 Å². The van der Waals surface area contributed by atoms with E-state index in [1.54, 1.807) is 17.0 Å². The molecule has 6 nitrogen and oxygen atoms in total. The minimum Gasteiger partial charge on any atom is -0.394 e. The van der Waals surface area contributed by atoms with Crippen LogP contribution in [0.25, 0.3) is 0 Å². The number of amides is 3. The lowest BCUT2D eigenvalue weighted by atomic mass is 10.2. The molecule has 1 aliphatic heterocycles. The van der Waals surface area contributed by atoms with E-state index < -0.39 is 6.03 Å². The molecule has 1 atom stereocenters. The zero-order chi connectivity index (χ0) is 14.4. The van der Waals surface area contributed by atoms with Crippen molar-refractivity contribution in [3.8, 4) is 0 Å². The van der Waals surface area contributed by atoms with E-state index in [4.69, 9.17) is 5.11 Å². The maximum absolute atomic E-state index is 11.9. The van der Waals surface area contributed by atoms with E-state index in [0.29, 0.717) is 12.2 Å². The molecule has 2 rings (SSSR count). The number of nitrogens with one attached hydrogen (secondary N) is 2. The van der Waals surface area contributed by atoms with Gasteiger partial charge in [0.1, 0.15) is 0 Å². The number of hydrogen-bond donors (Lipinski definition) is 3. The number of carbonyl (C=O) groups is 2. The summed E-state index contributed by atoms with van der Waals surface area (Å²) < 4.78 is 0. The van der Waals surface area contributed by atoms with Crippen molar-refractivity contribution in [2.45, 2.75) is 18.9 Å². The van der Waals surface area contributed by atoms with Gasteiger partial charge in [0.05, 0.1) is 19.2 Å². The topological polar surface area (TPSA) is 81.7 Å². The second kappa shape index (κ2) is 6.91. The first kappa shape index (κ1) is 14.3. The largest absolute Gasteiger partial charge is 0.394 e. The number of likely N-dealkylation sites (tertiary alicyclic amines) is 1. The number of aliphatic hydroxyl groups excluding tert-OH is 1. The molecule has 0 aliphatic carbocycles. The molecule has 1 aliphatic rings. The van der Waals surface area contributed by atoms with Crippen LogP contribution in [0, 0.1) is 0 Å². The fourth-order valence-electron chi connectivity index (χ4n) is 2.31. The Bertz CT molecular complexity index is 464. The monoisotopic (exact) mass is 277 g/mol. The Kier molecular flexibility index (Phi) is 4.95. The summed E-state index contributed by atoms with van der Waals surface area (Å²) in [5, 5.41) is 14.3. The molecule has 1 heterocycles. The van der Waals surface area contributed by atoms with Crippen molar-refractivity contribution >= 4 is 17.6 Å². The van der Waals surface area contributed by atoms with Gasteiger partial charge in [-0.25, -0.2) is 4.79 Å². The van der Waals surface area contributed by atoms with Gasteiger partial charge in [-0.2, -0.15) is 0 Å². The molecule has 0 aromatic heterocycles. The smallest absolute Gasteiger partial charge is 0.319 e. The highest BCUT2D eigenvalue weighted by molar-refractivity contribution is 5.92. The van der Waals surface area contributed by atoms with Crippen molar-refractivity contribution in [3.05, 3.63) is 30.3 Å². The van der Waals surface area contributed by atoms with Gasteiger partial charge >= 0.3 is 6.03 Å². The van der Waals surface area contributed by atoms with Gasteiger partial charge in [-0.3, -0.25) is 4.79 Å². The van der Waals surface area contributed by atoms with Crippen LogP contribution in [0.3, 0.4) is 0 Å². The van der Waals surface area contributed by atoms with Crippen LogP contribution >= 0.6 is 0 Å². The number of anilines is 1. The molecule has 1 fully saturated rings. The molecular formula is C14H19N3O3. The summed E-state index contributed by atoms with van der Waals surface area (Å²) in [4.78, 5) is 25.2. The number of urea groups is 1. The molecule has 20 heavy (non-hydrogen) atoms. The Labute approximate surface area is 117 Å². The zero-order valence-corrected chi connectivity index (χ0v) is 11.2. The van der Waals surface area contributed by atoms with E-state index in [0.717, 1.165) is 12.8 Å². The fourth-order valence-corrected chi connectivity index (χ4v) is 2.31. The van der Waals surface area contributed by atoms with Gasteiger partial charge in [0, 0.05) is 12.2 Å². The molecule has 0 radical (unpaired) electrons. The van der Waals surface area contributed by atoms with Crippen molar-refractivity contribution < 1.29 is 14.7 Å². The van der Waals surface area contributed by atoms with Crippen molar-refractivity contribution in [1.82, 2.24) is 10.2 Å². The Morgan fingerprint density at radius 3 is 2.75 bits per heavy atom.